The summed E-state index contributed by atoms with van der Waals surface area (Å²) in [6, 6.07) is 2.04. The van der Waals surface area contributed by atoms with E-state index in [0.29, 0.717) is 0 Å². The van der Waals surface area contributed by atoms with Crippen molar-refractivity contribution in [1.29, 1.82) is 0 Å². The lowest BCUT2D eigenvalue weighted by Crippen LogP contribution is -1.82. The summed E-state index contributed by atoms with van der Waals surface area (Å²) < 4.78 is 1.96. The highest BCUT2D eigenvalue weighted by Gasteiger charge is 2.00. The summed E-state index contributed by atoms with van der Waals surface area (Å²) in [6.45, 7) is 7.67. The Morgan fingerprint density at radius 1 is 1.58 bits per heavy atom. The van der Waals surface area contributed by atoms with Gasteiger partial charge >= 0.3 is 0 Å². The second-order valence-electron chi connectivity index (χ2n) is 3.09. The number of hydrogen-bond acceptors (Lipinski definition) is 1. The predicted molar refractivity (Wildman–Crippen MR) is 53.9 cm³/mol. The Balaban J connectivity index is 3.16. The van der Waals surface area contributed by atoms with Crippen molar-refractivity contribution >= 4 is 18.6 Å². The van der Waals surface area contributed by atoms with E-state index >= 15 is 0 Å². The van der Waals surface area contributed by atoms with Gasteiger partial charge in [0.2, 0.25) is 0 Å². The number of aromatic nitrogens is 1. The Morgan fingerprint density at radius 3 is 2.75 bits per heavy atom. The Morgan fingerprint density at radius 2 is 2.25 bits per heavy atom. The fraction of sp³-hybridized carbons (Fsp3) is 0.300. The first-order valence-electron chi connectivity index (χ1n) is 3.92. The van der Waals surface area contributed by atoms with Gasteiger partial charge < -0.3 is 4.57 Å². The molecule has 12 heavy (non-hydrogen) atoms. The van der Waals surface area contributed by atoms with Gasteiger partial charge in [0.15, 0.2) is 0 Å². The molecule has 1 aromatic rings. The minimum atomic E-state index is 0.927. The van der Waals surface area contributed by atoms with Crippen molar-refractivity contribution in [3.05, 3.63) is 23.4 Å². The van der Waals surface area contributed by atoms with Crippen molar-refractivity contribution in [2.24, 2.45) is 12.0 Å². The first-order chi connectivity index (χ1) is 5.65. The van der Waals surface area contributed by atoms with Crippen LogP contribution in [0, 0.1) is 0 Å². The topological polar surface area (TPSA) is 17.3 Å². The van der Waals surface area contributed by atoms with Gasteiger partial charge in [-0.1, -0.05) is 11.6 Å². The average Bonchev–Trinajstić information content (AvgIpc) is 2.30. The van der Waals surface area contributed by atoms with Crippen LogP contribution in [0.25, 0.3) is 6.08 Å². The summed E-state index contributed by atoms with van der Waals surface area (Å²) in [6.07, 6.45) is 4.09. The highest BCUT2D eigenvalue weighted by Crippen LogP contribution is 2.21. The van der Waals surface area contributed by atoms with Crippen LogP contribution in [-0.4, -0.2) is 11.3 Å². The zero-order chi connectivity index (χ0) is 9.14. The van der Waals surface area contributed by atoms with Crippen molar-refractivity contribution in [1.82, 2.24) is 4.57 Å². The third-order valence-corrected chi connectivity index (χ3v) is 1.66. The molecule has 0 N–H and O–H groups in total. The molecule has 0 atom stereocenters. The van der Waals surface area contributed by atoms with Gasteiger partial charge in [-0.25, -0.2) is 4.99 Å². The molecule has 0 aliphatic heterocycles. The van der Waals surface area contributed by atoms with Crippen molar-refractivity contribution in [2.45, 2.75) is 13.8 Å². The molecule has 0 spiro atoms. The number of hydrogen-bond donors (Lipinski definition) is 0. The summed E-state index contributed by atoms with van der Waals surface area (Å²) in [7, 11) is 1.96. The molecule has 1 heterocycles. The van der Waals surface area contributed by atoms with E-state index in [1.165, 1.54) is 5.57 Å². The molecule has 0 aliphatic rings. The predicted octanol–water partition coefficient (Wildman–Crippen LogP) is 2.78. The molecule has 0 bridgehead atoms. The average molecular weight is 162 g/mol. The number of aliphatic imine (C=N–C) groups is 1. The Hall–Kier alpha value is -1.31. The molecule has 2 nitrogen and oxygen atoms in total. The van der Waals surface area contributed by atoms with Gasteiger partial charge in [0, 0.05) is 18.8 Å². The molecule has 0 aliphatic carbocycles. The summed E-state index contributed by atoms with van der Waals surface area (Å²) in [4.78, 5) is 3.95. The van der Waals surface area contributed by atoms with Gasteiger partial charge in [0.25, 0.3) is 0 Å². The van der Waals surface area contributed by atoms with Crippen LogP contribution in [0.4, 0.5) is 5.82 Å². The summed E-state index contributed by atoms with van der Waals surface area (Å²) in [5.41, 5.74) is 2.40. The summed E-state index contributed by atoms with van der Waals surface area (Å²) in [5.74, 6) is 0.927. The van der Waals surface area contributed by atoms with Crippen LogP contribution in [-0.2, 0) is 7.05 Å². The zero-order valence-corrected chi connectivity index (χ0v) is 7.83. The number of aryl methyl sites for hydroxylation is 1. The van der Waals surface area contributed by atoms with Gasteiger partial charge in [0.1, 0.15) is 5.82 Å². The van der Waals surface area contributed by atoms with Crippen LogP contribution in [0.2, 0.25) is 0 Å². The fourth-order valence-corrected chi connectivity index (χ4v) is 1.17. The molecule has 0 amide bonds. The van der Waals surface area contributed by atoms with E-state index in [2.05, 4.69) is 31.6 Å². The van der Waals surface area contributed by atoms with Crippen molar-refractivity contribution in [2.75, 3.05) is 0 Å². The van der Waals surface area contributed by atoms with E-state index in [1.807, 2.05) is 23.9 Å². The second kappa shape index (κ2) is 3.39. The van der Waals surface area contributed by atoms with Crippen LogP contribution in [0.3, 0.4) is 0 Å². The molecule has 0 fully saturated rings. The lowest BCUT2D eigenvalue weighted by molar-refractivity contribution is 0.926. The molecular formula is C10H14N2. The SMILES string of the molecule is C=Nc1c(C=C(C)C)ccn1C. The van der Waals surface area contributed by atoms with Gasteiger partial charge in [-0.05, 0) is 26.6 Å². The maximum atomic E-state index is 3.95. The number of rotatable bonds is 2. The van der Waals surface area contributed by atoms with Gasteiger partial charge in [0.05, 0.1) is 0 Å². The van der Waals surface area contributed by atoms with Crippen LogP contribution < -0.4 is 0 Å². The number of allylic oxidation sites excluding steroid dienone is 1. The minimum absolute atomic E-state index is 0.927. The van der Waals surface area contributed by atoms with E-state index in [1.54, 1.807) is 0 Å². The molecule has 0 radical (unpaired) electrons. The lowest BCUT2D eigenvalue weighted by Gasteiger charge is -1.97. The van der Waals surface area contributed by atoms with Crippen LogP contribution >= 0.6 is 0 Å². The van der Waals surface area contributed by atoms with E-state index < -0.39 is 0 Å². The second-order valence-corrected chi connectivity index (χ2v) is 3.09. The largest absolute Gasteiger partial charge is 0.336 e. The maximum absolute atomic E-state index is 3.95. The monoisotopic (exact) mass is 162 g/mol. The smallest absolute Gasteiger partial charge is 0.138 e. The highest BCUT2D eigenvalue weighted by molar-refractivity contribution is 5.64. The molecule has 64 valence electrons. The Kier molecular flexibility index (Phi) is 2.48. The molecule has 0 aromatic carbocycles. The van der Waals surface area contributed by atoms with E-state index in [4.69, 9.17) is 0 Å². The molecule has 0 saturated carbocycles. The van der Waals surface area contributed by atoms with E-state index in [-0.39, 0.29) is 0 Å². The molecule has 1 rings (SSSR count). The fourth-order valence-electron chi connectivity index (χ4n) is 1.17. The standard InChI is InChI=1S/C10H14N2/c1-8(2)7-9-5-6-12(4)10(9)11-3/h5-7H,3H2,1-2,4H3. The minimum Gasteiger partial charge on any atom is -0.336 e. The Bertz CT molecular complexity index is 315. The van der Waals surface area contributed by atoms with Crippen LogP contribution in [0.1, 0.15) is 19.4 Å². The van der Waals surface area contributed by atoms with Gasteiger partial charge in [-0.2, -0.15) is 0 Å². The molecular weight excluding hydrogens is 148 g/mol. The molecule has 0 saturated heterocycles. The maximum Gasteiger partial charge on any atom is 0.138 e. The van der Waals surface area contributed by atoms with Crippen molar-refractivity contribution < 1.29 is 0 Å². The van der Waals surface area contributed by atoms with Crippen molar-refractivity contribution in [3.63, 3.8) is 0 Å². The van der Waals surface area contributed by atoms with Gasteiger partial charge in [-0.3, -0.25) is 0 Å². The van der Waals surface area contributed by atoms with Crippen LogP contribution in [0.15, 0.2) is 22.8 Å². The summed E-state index contributed by atoms with van der Waals surface area (Å²) in [5, 5.41) is 0. The zero-order valence-electron chi connectivity index (χ0n) is 7.83. The normalized spacial score (nSPS) is 9.58. The molecule has 0 unspecified atom stereocenters. The number of nitrogens with zero attached hydrogens (tertiary/aromatic N) is 2. The summed E-state index contributed by atoms with van der Waals surface area (Å²) >= 11 is 0. The highest BCUT2D eigenvalue weighted by atomic mass is 15.0. The lowest BCUT2D eigenvalue weighted by atomic mass is 10.2. The first kappa shape index (κ1) is 8.78. The third kappa shape index (κ3) is 1.64. The first-order valence-corrected chi connectivity index (χ1v) is 3.92. The van der Waals surface area contributed by atoms with Crippen LogP contribution in [0.5, 0.6) is 0 Å². The quantitative estimate of drug-likeness (QED) is 0.595. The molecule has 2 heteroatoms. The van der Waals surface area contributed by atoms with E-state index in [9.17, 15) is 0 Å². The third-order valence-electron chi connectivity index (χ3n) is 1.66. The molecule has 1 aromatic heterocycles. The van der Waals surface area contributed by atoms with Crippen molar-refractivity contribution in [3.8, 4) is 0 Å². The van der Waals surface area contributed by atoms with Gasteiger partial charge in [-0.15, -0.1) is 0 Å². The van der Waals surface area contributed by atoms with E-state index in [0.717, 1.165) is 11.4 Å². The Labute approximate surface area is 73.2 Å².